The lowest BCUT2D eigenvalue weighted by Gasteiger charge is -2.30. The van der Waals surface area contributed by atoms with Gasteiger partial charge in [-0.25, -0.2) is 0 Å². The number of rotatable bonds is 3. The number of hydrogen-bond donors (Lipinski definition) is 0. The van der Waals surface area contributed by atoms with Crippen LogP contribution in [0, 0.1) is 16.7 Å². The van der Waals surface area contributed by atoms with Gasteiger partial charge in [-0.3, -0.25) is 19.2 Å². The minimum atomic E-state index is -1.42. The maximum Gasteiger partial charge on any atom is 0.323 e. The molecule has 0 aromatic carbocycles. The van der Waals surface area contributed by atoms with Gasteiger partial charge in [0.15, 0.2) is 11.2 Å². The molecule has 7 heteroatoms. The van der Waals surface area contributed by atoms with E-state index in [9.17, 15) is 19.2 Å². The number of ether oxygens (including phenoxy) is 3. The third-order valence-corrected chi connectivity index (χ3v) is 6.55. The van der Waals surface area contributed by atoms with Gasteiger partial charge in [0.1, 0.15) is 5.41 Å². The van der Waals surface area contributed by atoms with Crippen LogP contribution in [0.5, 0.6) is 0 Å². The zero-order valence-electron chi connectivity index (χ0n) is 18.8. The predicted molar refractivity (Wildman–Crippen MR) is 114 cm³/mol. The summed E-state index contributed by atoms with van der Waals surface area (Å²) in [6, 6.07) is 0. The van der Waals surface area contributed by atoms with Crippen LogP contribution in [-0.2, 0) is 33.4 Å². The molecule has 0 amide bonds. The zero-order valence-corrected chi connectivity index (χ0v) is 18.8. The second-order valence-corrected chi connectivity index (χ2v) is 8.20. The minimum absolute atomic E-state index is 0.0773. The van der Waals surface area contributed by atoms with Crippen molar-refractivity contribution in [3.05, 3.63) is 36.0 Å². The molecule has 1 fully saturated rings. The van der Waals surface area contributed by atoms with Crippen molar-refractivity contribution in [2.45, 2.75) is 51.9 Å². The van der Waals surface area contributed by atoms with Crippen molar-refractivity contribution in [2.24, 2.45) is 16.7 Å². The number of carbonyl (C=O) groups is 4. The highest BCUT2D eigenvalue weighted by molar-refractivity contribution is 6.06. The number of fused-ring (bicyclic) bond motifs is 1. The van der Waals surface area contributed by atoms with Gasteiger partial charge in [-0.15, -0.1) is 0 Å². The zero-order chi connectivity index (χ0) is 23.1. The fraction of sp³-hybridized carbons (Fsp3) is 0.583. The van der Waals surface area contributed by atoms with E-state index < -0.39 is 28.7 Å². The van der Waals surface area contributed by atoms with E-state index in [0.29, 0.717) is 32.1 Å². The summed E-state index contributed by atoms with van der Waals surface area (Å²) < 4.78 is 14.9. The maximum atomic E-state index is 12.8. The Labute approximate surface area is 183 Å². The van der Waals surface area contributed by atoms with E-state index in [4.69, 9.17) is 14.2 Å². The van der Waals surface area contributed by atoms with Crippen molar-refractivity contribution in [3.63, 3.8) is 0 Å². The van der Waals surface area contributed by atoms with Crippen LogP contribution >= 0.6 is 0 Å². The molecule has 2 aliphatic carbocycles. The first-order valence-corrected chi connectivity index (χ1v) is 10.6. The molecule has 0 aromatic rings. The first-order valence-electron chi connectivity index (χ1n) is 10.6. The summed E-state index contributed by atoms with van der Waals surface area (Å²) in [4.78, 5) is 50.6. The highest BCUT2D eigenvalue weighted by Crippen LogP contribution is 2.46. The van der Waals surface area contributed by atoms with E-state index in [1.807, 2.05) is 19.1 Å². The van der Waals surface area contributed by atoms with Gasteiger partial charge in [-0.1, -0.05) is 36.0 Å². The normalized spacial score (nSPS) is 30.0. The Morgan fingerprint density at radius 2 is 1.58 bits per heavy atom. The van der Waals surface area contributed by atoms with E-state index in [-0.39, 0.29) is 24.5 Å². The van der Waals surface area contributed by atoms with Crippen LogP contribution < -0.4 is 0 Å². The summed E-state index contributed by atoms with van der Waals surface area (Å²) in [6.07, 6.45) is 11.6. The van der Waals surface area contributed by atoms with E-state index in [1.54, 1.807) is 18.2 Å². The van der Waals surface area contributed by atoms with Crippen molar-refractivity contribution in [3.8, 4) is 0 Å². The number of ketones is 1. The Balaban J connectivity index is 2.46. The van der Waals surface area contributed by atoms with Crippen LogP contribution in [-0.4, -0.2) is 45.0 Å². The van der Waals surface area contributed by atoms with E-state index in [0.717, 1.165) is 5.57 Å². The maximum absolute atomic E-state index is 12.8. The Hall–Kier alpha value is -2.70. The third-order valence-electron chi connectivity index (χ3n) is 6.55. The van der Waals surface area contributed by atoms with Crippen molar-refractivity contribution in [1.82, 2.24) is 0 Å². The average Bonchev–Trinajstić information content (AvgIpc) is 3.09. The van der Waals surface area contributed by atoms with Crippen LogP contribution in [0.15, 0.2) is 36.0 Å². The number of esters is 3. The van der Waals surface area contributed by atoms with Crippen molar-refractivity contribution < 1.29 is 33.4 Å². The SMILES string of the molecule is COC(=O)C1(C(=O)OC)C/C=C\C=C\[C@@H]2CCC(=O)[C@@]2(C(=O)OC)CC/C=C(/C)CC1. The number of carbonyl (C=O) groups excluding carboxylic acids is 4. The first-order chi connectivity index (χ1) is 14.8. The molecule has 0 heterocycles. The van der Waals surface area contributed by atoms with Crippen LogP contribution in [0.4, 0.5) is 0 Å². The predicted octanol–water partition coefficient (Wildman–Crippen LogP) is 3.48. The summed E-state index contributed by atoms with van der Waals surface area (Å²) in [5.74, 6) is -2.08. The molecule has 2 atom stereocenters. The Bertz CT molecular complexity index is 789. The van der Waals surface area contributed by atoms with Crippen LogP contribution in [0.1, 0.15) is 51.9 Å². The number of methoxy groups -OCH3 is 3. The molecule has 0 N–H and O–H groups in total. The van der Waals surface area contributed by atoms with Crippen molar-refractivity contribution in [2.75, 3.05) is 21.3 Å². The summed E-state index contributed by atoms with van der Waals surface area (Å²) in [6.45, 7) is 1.90. The highest BCUT2D eigenvalue weighted by Gasteiger charge is 2.54. The third kappa shape index (κ3) is 4.81. The molecule has 0 saturated heterocycles. The molecule has 2 aliphatic rings. The summed E-state index contributed by atoms with van der Waals surface area (Å²) in [7, 11) is 3.83. The lowest BCUT2D eigenvalue weighted by atomic mass is 9.73. The second kappa shape index (κ2) is 10.6. The second-order valence-electron chi connectivity index (χ2n) is 8.20. The lowest BCUT2D eigenvalue weighted by molar-refractivity contribution is -0.169. The molecule has 170 valence electrons. The quantitative estimate of drug-likeness (QED) is 0.291. The lowest BCUT2D eigenvalue weighted by Crippen LogP contribution is -2.41. The fourth-order valence-electron chi connectivity index (χ4n) is 4.65. The Morgan fingerprint density at radius 3 is 2.19 bits per heavy atom. The summed E-state index contributed by atoms with van der Waals surface area (Å²) in [5, 5.41) is 0. The Kier molecular flexibility index (Phi) is 8.36. The van der Waals surface area contributed by atoms with Crippen LogP contribution in [0.25, 0.3) is 0 Å². The molecule has 7 nitrogen and oxygen atoms in total. The number of hydrogen-bond acceptors (Lipinski definition) is 7. The van der Waals surface area contributed by atoms with Crippen molar-refractivity contribution >= 4 is 23.7 Å². The van der Waals surface area contributed by atoms with Gasteiger partial charge in [0.2, 0.25) is 0 Å². The first kappa shape index (κ1) is 24.6. The molecular weight excluding hydrogens is 400 g/mol. The average molecular weight is 433 g/mol. The van der Waals surface area contributed by atoms with Gasteiger partial charge in [0, 0.05) is 12.3 Å². The van der Waals surface area contributed by atoms with Gasteiger partial charge in [0.25, 0.3) is 0 Å². The largest absolute Gasteiger partial charge is 0.468 e. The molecule has 0 bridgehead atoms. The summed E-state index contributed by atoms with van der Waals surface area (Å²) >= 11 is 0. The van der Waals surface area contributed by atoms with E-state index in [2.05, 4.69) is 0 Å². The standard InChI is InChI=1S/C24H32O7/c1-17-9-8-15-24(22(28)31-4)18(11-12-19(24)25)10-6-5-7-14-23(16-13-17,20(26)29-2)21(27)30-3/h5-7,9-10,18H,8,11-16H2,1-4H3/b7-5-,10-6+,17-9-/t18-,24-/m1/s1. The molecule has 0 spiro atoms. The molecule has 0 radical (unpaired) electrons. The van der Waals surface area contributed by atoms with Crippen LogP contribution in [0.2, 0.25) is 0 Å². The van der Waals surface area contributed by atoms with Gasteiger partial charge in [-0.05, 0) is 45.4 Å². The summed E-state index contributed by atoms with van der Waals surface area (Å²) in [5.41, 5.74) is -1.63. The van der Waals surface area contributed by atoms with Gasteiger partial charge >= 0.3 is 17.9 Å². The minimum Gasteiger partial charge on any atom is -0.468 e. The smallest absolute Gasteiger partial charge is 0.323 e. The highest BCUT2D eigenvalue weighted by atomic mass is 16.5. The van der Waals surface area contributed by atoms with Crippen LogP contribution in [0.3, 0.4) is 0 Å². The van der Waals surface area contributed by atoms with E-state index >= 15 is 0 Å². The fourth-order valence-corrected chi connectivity index (χ4v) is 4.65. The molecule has 0 aliphatic heterocycles. The molecule has 1 saturated carbocycles. The number of Topliss-reactive ketones (excluding diaryl/α,β-unsaturated/α-hetero) is 1. The van der Waals surface area contributed by atoms with E-state index in [1.165, 1.54) is 21.3 Å². The van der Waals surface area contributed by atoms with Gasteiger partial charge in [-0.2, -0.15) is 0 Å². The molecule has 0 aromatic heterocycles. The molecule has 2 rings (SSSR count). The Morgan fingerprint density at radius 1 is 0.935 bits per heavy atom. The van der Waals surface area contributed by atoms with Crippen molar-refractivity contribution in [1.29, 1.82) is 0 Å². The molecule has 31 heavy (non-hydrogen) atoms. The topological polar surface area (TPSA) is 96.0 Å². The van der Waals surface area contributed by atoms with Gasteiger partial charge in [0.05, 0.1) is 21.3 Å². The monoisotopic (exact) mass is 432 g/mol. The molecule has 0 unspecified atom stereocenters. The van der Waals surface area contributed by atoms with Gasteiger partial charge < -0.3 is 14.2 Å². The molecular formula is C24H32O7. The number of allylic oxidation sites excluding steroid dienone is 6.